The van der Waals surface area contributed by atoms with Crippen molar-refractivity contribution in [2.24, 2.45) is 0 Å². The van der Waals surface area contributed by atoms with E-state index in [-0.39, 0.29) is 17.1 Å². The van der Waals surface area contributed by atoms with Crippen LogP contribution in [0.4, 0.5) is 0 Å². The predicted molar refractivity (Wildman–Crippen MR) is 141 cm³/mol. The highest BCUT2D eigenvalue weighted by Crippen LogP contribution is 2.25. The van der Waals surface area contributed by atoms with Gasteiger partial charge < -0.3 is 10.2 Å². The number of aromatic nitrogens is 3. The molecule has 6 nitrogen and oxygen atoms in total. The highest BCUT2D eigenvalue weighted by molar-refractivity contribution is 5.80. The molecule has 0 radical (unpaired) electrons. The molecule has 5 aromatic rings. The van der Waals surface area contributed by atoms with Crippen molar-refractivity contribution < 1.29 is 10.2 Å². The van der Waals surface area contributed by atoms with E-state index in [0.29, 0.717) is 28.0 Å². The van der Waals surface area contributed by atoms with Crippen molar-refractivity contribution in [1.82, 2.24) is 14.5 Å². The second-order valence-corrected chi connectivity index (χ2v) is 8.20. The summed E-state index contributed by atoms with van der Waals surface area (Å²) in [7, 11) is 0. The summed E-state index contributed by atoms with van der Waals surface area (Å²) in [5.41, 5.74) is 4.03. The van der Waals surface area contributed by atoms with Crippen LogP contribution >= 0.6 is 0 Å². The van der Waals surface area contributed by atoms with E-state index < -0.39 is 0 Å². The lowest BCUT2D eigenvalue weighted by atomic mass is 10.1. The standard InChI is InChI=1S/C30H21N3O3/c1-20-17-21(8-9-22-5-4-16-31-19-22)10-14-27(20)33-29(15-12-23-11-13-24(34)18-28(23)35)32-26-7-3-2-6-25(26)30(33)36/h2-7,10-19,34-35H,1H3. The summed E-state index contributed by atoms with van der Waals surface area (Å²) < 4.78 is 1.56. The monoisotopic (exact) mass is 471 g/mol. The van der Waals surface area contributed by atoms with Crippen molar-refractivity contribution in [1.29, 1.82) is 0 Å². The molecule has 2 heterocycles. The topological polar surface area (TPSA) is 88.2 Å². The van der Waals surface area contributed by atoms with Crippen LogP contribution in [-0.4, -0.2) is 24.7 Å². The van der Waals surface area contributed by atoms with Gasteiger partial charge in [-0.1, -0.05) is 24.0 Å². The molecule has 0 bridgehead atoms. The van der Waals surface area contributed by atoms with Crippen LogP contribution in [0, 0.1) is 18.8 Å². The fraction of sp³-hybridized carbons (Fsp3) is 0.0333. The lowest BCUT2D eigenvalue weighted by Crippen LogP contribution is -2.23. The number of aryl methyl sites for hydroxylation is 1. The first-order chi connectivity index (χ1) is 17.5. The van der Waals surface area contributed by atoms with Crippen LogP contribution < -0.4 is 5.56 Å². The third-order valence-corrected chi connectivity index (χ3v) is 5.68. The molecule has 0 atom stereocenters. The second-order valence-electron chi connectivity index (χ2n) is 8.20. The van der Waals surface area contributed by atoms with Crippen LogP contribution in [0.15, 0.2) is 90.0 Å². The van der Waals surface area contributed by atoms with Crippen molar-refractivity contribution >= 4 is 23.1 Å². The maximum Gasteiger partial charge on any atom is 0.266 e. The Kier molecular flexibility index (Phi) is 6.04. The van der Waals surface area contributed by atoms with Crippen molar-refractivity contribution in [3.8, 4) is 29.0 Å². The summed E-state index contributed by atoms with van der Waals surface area (Å²) in [6, 6.07) is 20.9. The second kappa shape index (κ2) is 9.61. The van der Waals surface area contributed by atoms with E-state index in [2.05, 4.69) is 16.8 Å². The lowest BCUT2D eigenvalue weighted by molar-refractivity contribution is 0.450. The van der Waals surface area contributed by atoms with Crippen molar-refractivity contribution in [2.75, 3.05) is 0 Å². The Morgan fingerprint density at radius 1 is 0.889 bits per heavy atom. The Bertz CT molecular complexity index is 1740. The maximum atomic E-state index is 13.6. The molecular weight excluding hydrogens is 450 g/mol. The number of nitrogens with zero attached hydrogens (tertiary/aromatic N) is 3. The molecule has 0 amide bonds. The van der Waals surface area contributed by atoms with Crippen molar-refractivity contribution in [2.45, 2.75) is 6.92 Å². The first-order valence-corrected chi connectivity index (χ1v) is 11.2. The predicted octanol–water partition coefficient (Wildman–Crippen LogP) is 5.07. The summed E-state index contributed by atoms with van der Waals surface area (Å²) in [5.74, 6) is 6.53. The third kappa shape index (κ3) is 4.59. The fourth-order valence-corrected chi connectivity index (χ4v) is 3.90. The molecule has 0 aliphatic rings. The lowest BCUT2D eigenvalue weighted by Gasteiger charge is -2.14. The Labute approximate surface area is 207 Å². The molecule has 174 valence electrons. The SMILES string of the molecule is Cc1cc(C#Cc2cccnc2)ccc1-n1c(C=Cc2ccc(O)cc2O)nc2ccccc2c1=O. The van der Waals surface area contributed by atoms with Gasteiger partial charge in [0.15, 0.2) is 0 Å². The molecule has 0 unspecified atom stereocenters. The number of pyridine rings is 1. The number of benzene rings is 3. The molecule has 0 fully saturated rings. The number of phenols is 2. The molecule has 2 aromatic heterocycles. The van der Waals surface area contributed by atoms with E-state index in [1.807, 2.05) is 49.4 Å². The normalized spacial score (nSPS) is 10.9. The van der Waals surface area contributed by atoms with Gasteiger partial charge in [0.05, 0.1) is 16.6 Å². The van der Waals surface area contributed by atoms with Gasteiger partial charge in [-0.2, -0.15) is 0 Å². The molecule has 3 aromatic carbocycles. The van der Waals surface area contributed by atoms with Gasteiger partial charge in [-0.25, -0.2) is 4.98 Å². The fourth-order valence-electron chi connectivity index (χ4n) is 3.90. The Morgan fingerprint density at radius 3 is 2.50 bits per heavy atom. The molecule has 0 saturated carbocycles. The van der Waals surface area contributed by atoms with E-state index in [0.717, 1.165) is 16.7 Å². The van der Waals surface area contributed by atoms with E-state index in [9.17, 15) is 15.0 Å². The van der Waals surface area contributed by atoms with Gasteiger partial charge >= 0.3 is 0 Å². The Morgan fingerprint density at radius 2 is 1.72 bits per heavy atom. The van der Waals surface area contributed by atoms with Gasteiger partial charge in [0.2, 0.25) is 0 Å². The van der Waals surface area contributed by atoms with E-state index in [4.69, 9.17) is 4.98 Å². The summed E-state index contributed by atoms with van der Waals surface area (Å²) >= 11 is 0. The molecule has 0 aliphatic carbocycles. The zero-order chi connectivity index (χ0) is 25.1. The molecule has 0 spiro atoms. The van der Waals surface area contributed by atoms with Crippen LogP contribution in [0.3, 0.4) is 0 Å². The number of para-hydroxylation sites is 1. The van der Waals surface area contributed by atoms with Gasteiger partial charge in [-0.15, -0.1) is 0 Å². The Balaban J connectivity index is 1.63. The van der Waals surface area contributed by atoms with E-state index in [1.54, 1.807) is 47.3 Å². The van der Waals surface area contributed by atoms with Gasteiger partial charge in [0.25, 0.3) is 5.56 Å². The zero-order valence-electron chi connectivity index (χ0n) is 19.4. The average molecular weight is 472 g/mol. The molecule has 5 rings (SSSR count). The van der Waals surface area contributed by atoms with Gasteiger partial charge in [0.1, 0.15) is 17.3 Å². The third-order valence-electron chi connectivity index (χ3n) is 5.68. The molecular formula is C30H21N3O3. The van der Waals surface area contributed by atoms with Crippen LogP contribution in [-0.2, 0) is 0 Å². The van der Waals surface area contributed by atoms with Gasteiger partial charge in [-0.05, 0) is 79.2 Å². The summed E-state index contributed by atoms with van der Waals surface area (Å²) in [6.45, 7) is 1.92. The van der Waals surface area contributed by atoms with Crippen molar-refractivity contribution in [3.05, 3.63) is 124 Å². The molecule has 2 N–H and O–H groups in total. The number of aromatic hydroxyl groups is 2. The summed E-state index contributed by atoms with van der Waals surface area (Å²) in [6.07, 6.45) is 6.74. The largest absolute Gasteiger partial charge is 0.508 e. The Hall–Kier alpha value is -5.15. The zero-order valence-corrected chi connectivity index (χ0v) is 19.4. The number of hydrogen-bond acceptors (Lipinski definition) is 5. The maximum absolute atomic E-state index is 13.6. The highest BCUT2D eigenvalue weighted by atomic mass is 16.3. The van der Waals surface area contributed by atoms with Crippen LogP contribution in [0.1, 0.15) is 28.1 Å². The first kappa shape index (κ1) is 22.6. The van der Waals surface area contributed by atoms with Crippen LogP contribution in [0.25, 0.3) is 28.7 Å². The van der Waals surface area contributed by atoms with Gasteiger partial charge in [0, 0.05) is 35.2 Å². The first-order valence-electron chi connectivity index (χ1n) is 11.2. The minimum atomic E-state index is -0.201. The molecule has 0 saturated heterocycles. The van der Waals surface area contributed by atoms with Crippen LogP contribution in [0.5, 0.6) is 11.5 Å². The number of fused-ring (bicyclic) bond motifs is 1. The molecule has 0 aliphatic heterocycles. The van der Waals surface area contributed by atoms with E-state index >= 15 is 0 Å². The molecule has 36 heavy (non-hydrogen) atoms. The minimum absolute atomic E-state index is 0.0345. The minimum Gasteiger partial charge on any atom is -0.508 e. The number of phenolic OH excluding ortho intramolecular Hbond substituents is 2. The van der Waals surface area contributed by atoms with Crippen LogP contribution in [0.2, 0.25) is 0 Å². The highest BCUT2D eigenvalue weighted by Gasteiger charge is 2.13. The van der Waals surface area contributed by atoms with Gasteiger partial charge in [-0.3, -0.25) is 14.3 Å². The van der Waals surface area contributed by atoms with Crippen molar-refractivity contribution in [3.63, 3.8) is 0 Å². The quantitative estimate of drug-likeness (QED) is 0.359. The summed E-state index contributed by atoms with van der Waals surface area (Å²) in [5, 5.41) is 20.2. The summed E-state index contributed by atoms with van der Waals surface area (Å²) in [4.78, 5) is 22.4. The number of hydrogen-bond donors (Lipinski definition) is 2. The smallest absolute Gasteiger partial charge is 0.266 e. The number of rotatable bonds is 3. The molecule has 6 heteroatoms. The van der Waals surface area contributed by atoms with E-state index in [1.165, 1.54) is 12.1 Å². The average Bonchev–Trinajstić information content (AvgIpc) is 2.88.